The Hall–Kier alpha value is -1.56. The maximum atomic E-state index is 2.39. The molecular formula is C21H26. The molecule has 0 heteroatoms. The molecule has 1 saturated carbocycles. The van der Waals surface area contributed by atoms with Crippen molar-refractivity contribution in [1.29, 1.82) is 0 Å². The molecular weight excluding hydrogens is 252 g/mol. The molecule has 2 aliphatic rings. The minimum Gasteiger partial charge on any atom is -0.0778 e. The van der Waals surface area contributed by atoms with E-state index in [0.29, 0.717) is 0 Å². The fraction of sp³-hybridized carbons (Fsp3) is 0.429. The van der Waals surface area contributed by atoms with Gasteiger partial charge in [0.1, 0.15) is 0 Å². The second-order valence-electron chi connectivity index (χ2n) is 6.76. The molecule has 0 radical (unpaired) electrons. The Morgan fingerprint density at radius 2 is 1.57 bits per heavy atom. The van der Waals surface area contributed by atoms with Crippen molar-refractivity contribution in [3.05, 3.63) is 65.3 Å². The Morgan fingerprint density at radius 3 is 2.29 bits per heavy atom. The second kappa shape index (κ2) is 6.47. The number of hydrogen-bond acceptors (Lipinski definition) is 0. The fourth-order valence-electron chi connectivity index (χ4n) is 3.48. The van der Waals surface area contributed by atoms with Crippen LogP contribution in [0.1, 0.15) is 63.0 Å². The SMILES string of the molecule is CC1=CCC=C(c2ccc(C3CCC(C)CC3)cc2)C=C1. The summed E-state index contributed by atoms with van der Waals surface area (Å²) in [6, 6.07) is 9.33. The molecule has 0 unspecified atom stereocenters. The van der Waals surface area contributed by atoms with E-state index in [2.05, 4.69) is 62.4 Å². The third-order valence-corrected chi connectivity index (χ3v) is 5.03. The predicted octanol–water partition coefficient (Wildman–Crippen LogP) is 6.27. The van der Waals surface area contributed by atoms with Gasteiger partial charge in [-0.05, 0) is 54.7 Å². The van der Waals surface area contributed by atoms with E-state index < -0.39 is 0 Å². The van der Waals surface area contributed by atoms with Crippen LogP contribution in [0.3, 0.4) is 0 Å². The van der Waals surface area contributed by atoms with Gasteiger partial charge in [-0.2, -0.15) is 0 Å². The van der Waals surface area contributed by atoms with Gasteiger partial charge in [-0.25, -0.2) is 0 Å². The van der Waals surface area contributed by atoms with Crippen molar-refractivity contribution in [2.24, 2.45) is 5.92 Å². The molecule has 21 heavy (non-hydrogen) atoms. The lowest BCUT2D eigenvalue weighted by atomic mass is 9.79. The average molecular weight is 278 g/mol. The zero-order chi connectivity index (χ0) is 14.7. The van der Waals surface area contributed by atoms with E-state index in [1.165, 1.54) is 48.0 Å². The number of allylic oxidation sites excluding steroid dienone is 6. The maximum Gasteiger partial charge on any atom is -0.0154 e. The lowest BCUT2D eigenvalue weighted by molar-refractivity contribution is 0.348. The normalized spacial score (nSPS) is 26.0. The van der Waals surface area contributed by atoms with Gasteiger partial charge in [0.05, 0.1) is 0 Å². The van der Waals surface area contributed by atoms with Gasteiger partial charge in [0, 0.05) is 0 Å². The second-order valence-corrected chi connectivity index (χ2v) is 6.76. The summed E-state index contributed by atoms with van der Waals surface area (Å²) in [5.41, 5.74) is 5.60. The average Bonchev–Trinajstić information content (AvgIpc) is 2.73. The van der Waals surface area contributed by atoms with Gasteiger partial charge in [-0.1, -0.05) is 73.9 Å². The zero-order valence-electron chi connectivity index (χ0n) is 13.3. The standard InChI is InChI=1S/C21H26/c1-16-4-3-5-18(9-6-16)20-12-14-21(15-13-20)19-10-7-17(2)8-11-19/h4-6,9,12-15,17,19H,3,7-8,10-11H2,1-2H3. The highest BCUT2D eigenvalue weighted by atomic mass is 14.2. The minimum absolute atomic E-state index is 0.790. The van der Waals surface area contributed by atoms with E-state index in [-0.39, 0.29) is 0 Å². The van der Waals surface area contributed by atoms with Crippen molar-refractivity contribution < 1.29 is 0 Å². The monoisotopic (exact) mass is 278 g/mol. The van der Waals surface area contributed by atoms with Crippen LogP contribution in [0, 0.1) is 5.92 Å². The lowest BCUT2D eigenvalue weighted by Gasteiger charge is -2.26. The first-order chi connectivity index (χ1) is 10.2. The summed E-state index contributed by atoms with van der Waals surface area (Å²) in [4.78, 5) is 0. The summed E-state index contributed by atoms with van der Waals surface area (Å²) >= 11 is 0. The molecule has 0 spiro atoms. The lowest BCUT2D eigenvalue weighted by Crippen LogP contribution is -2.10. The molecule has 110 valence electrons. The van der Waals surface area contributed by atoms with Crippen LogP contribution in [0.4, 0.5) is 0 Å². The van der Waals surface area contributed by atoms with E-state index in [4.69, 9.17) is 0 Å². The highest BCUT2D eigenvalue weighted by Crippen LogP contribution is 2.36. The Labute approximate surface area is 129 Å². The van der Waals surface area contributed by atoms with E-state index >= 15 is 0 Å². The van der Waals surface area contributed by atoms with Crippen molar-refractivity contribution in [3.63, 3.8) is 0 Å². The van der Waals surface area contributed by atoms with Crippen LogP contribution in [0.2, 0.25) is 0 Å². The predicted molar refractivity (Wildman–Crippen MR) is 92.3 cm³/mol. The van der Waals surface area contributed by atoms with E-state index in [1.807, 2.05) is 0 Å². The maximum absolute atomic E-state index is 2.39. The molecule has 0 heterocycles. The Kier molecular flexibility index (Phi) is 4.43. The van der Waals surface area contributed by atoms with Crippen LogP contribution in [0.5, 0.6) is 0 Å². The number of benzene rings is 1. The summed E-state index contributed by atoms with van der Waals surface area (Å²) in [6.45, 7) is 4.56. The quantitative estimate of drug-likeness (QED) is 0.598. The van der Waals surface area contributed by atoms with Gasteiger partial charge in [0.2, 0.25) is 0 Å². The van der Waals surface area contributed by atoms with Gasteiger partial charge < -0.3 is 0 Å². The van der Waals surface area contributed by atoms with Gasteiger partial charge in [-0.15, -0.1) is 0 Å². The molecule has 2 aliphatic carbocycles. The first-order valence-corrected chi connectivity index (χ1v) is 8.37. The molecule has 3 rings (SSSR count). The molecule has 1 aromatic rings. The van der Waals surface area contributed by atoms with Gasteiger partial charge in [0.25, 0.3) is 0 Å². The van der Waals surface area contributed by atoms with Gasteiger partial charge in [0.15, 0.2) is 0 Å². The third kappa shape index (κ3) is 3.56. The van der Waals surface area contributed by atoms with Crippen molar-refractivity contribution in [3.8, 4) is 0 Å². The first-order valence-electron chi connectivity index (χ1n) is 8.37. The molecule has 0 saturated heterocycles. The van der Waals surface area contributed by atoms with Crippen molar-refractivity contribution in [2.75, 3.05) is 0 Å². The van der Waals surface area contributed by atoms with Crippen molar-refractivity contribution in [1.82, 2.24) is 0 Å². The van der Waals surface area contributed by atoms with Crippen LogP contribution in [-0.2, 0) is 0 Å². The molecule has 0 aromatic heterocycles. The fourth-order valence-corrected chi connectivity index (χ4v) is 3.48. The van der Waals surface area contributed by atoms with Gasteiger partial charge >= 0.3 is 0 Å². The Balaban J connectivity index is 1.72. The molecule has 1 fully saturated rings. The minimum atomic E-state index is 0.790. The summed E-state index contributed by atoms with van der Waals surface area (Å²) in [7, 11) is 0. The van der Waals surface area contributed by atoms with Crippen LogP contribution in [-0.4, -0.2) is 0 Å². The smallest absolute Gasteiger partial charge is 0.0154 e. The largest absolute Gasteiger partial charge is 0.0778 e. The molecule has 0 N–H and O–H groups in total. The molecule has 0 nitrogen and oxygen atoms in total. The third-order valence-electron chi connectivity index (χ3n) is 5.03. The number of hydrogen-bond donors (Lipinski definition) is 0. The van der Waals surface area contributed by atoms with Crippen LogP contribution >= 0.6 is 0 Å². The highest BCUT2D eigenvalue weighted by Gasteiger charge is 2.19. The van der Waals surface area contributed by atoms with E-state index in [9.17, 15) is 0 Å². The molecule has 1 aromatic carbocycles. The van der Waals surface area contributed by atoms with E-state index in [1.54, 1.807) is 0 Å². The highest BCUT2D eigenvalue weighted by molar-refractivity contribution is 5.75. The first kappa shape index (κ1) is 14.4. The Morgan fingerprint density at radius 1 is 0.857 bits per heavy atom. The summed E-state index contributed by atoms with van der Waals surface area (Å²) in [5, 5.41) is 0. The summed E-state index contributed by atoms with van der Waals surface area (Å²) in [6.07, 6.45) is 15.6. The van der Waals surface area contributed by atoms with Crippen LogP contribution < -0.4 is 0 Å². The van der Waals surface area contributed by atoms with Crippen LogP contribution in [0.15, 0.2) is 54.1 Å². The summed E-state index contributed by atoms with van der Waals surface area (Å²) < 4.78 is 0. The summed E-state index contributed by atoms with van der Waals surface area (Å²) in [5.74, 6) is 1.72. The van der Waals surface area contributed by atoms with Crippen molar-refractivity contribution >= 4 is 5.57 Å². The topological polar surface area (TPSA) is 0 Å². The molecule has 0 atom stereocenters. The molecule has 0 aliphatic heterocycles. The number of rotatable bonds is 2. The van der Waals surface area contributed by atoms with E-state index in [0.717, 1.165) is 18.3 Å². The van der Waals surface area contributed by atoms with Crippen LogP contribution in [0.25, 0.3) is 5.57 Å². The van der Waals surface area contributed by atoms with Crippen molar-refractivity contribution in [2.45, 2.75) is 51.9 Å². The Bertz CT molecular complexity index is 561. The van der Waals surface area contributed by atoms with Gasteiger partial charge in [-0.3, -0.25) is 0 Å². The zero-order valence-corrected chi connectivity index (χ0v) is 13.3. The molecule has 0 amide bonds. The molecule has 0 bridgehead atoms.